The van der Waals surface area contributed by atoms with Crippen molar-refractivity contribution in [3.8, 4) is 0 Å². The van der Waals surface area contributed by atoms with Crippen LogP contribution in [-0.4, -0.2) is 14.7 Å². The molecule has 1 aliphatic heterocycles. The van der Waals surface area contributed by atoms with Gasteiger partial charge in [-0.1, -0.05) is 24.3 Å². The molecule has 0 fully saturated rings. The Bertz CT molecular complexity index is 1050. The van der Waals surface area contributed by atoms with E-state index >= 15 is 0 Å². The van der Waals surface area contributed by atoms with Crippen molar-refractivity contribution in [1.82, 2.24) is 9.88 Å². The van der Waals surface area contributed by atoms with Crippen molar-refractivity contribution < 1.29 is 9.00 Å². The number of carbonyl (C=O) groups excluding carboxylic acids is 1. The van der Waals surface area contributed by atoms with Crippen molar-refractivity contribution >= 4 is 33.5 Å². The number of anilines is 1. The summed E-state index contributed by atoms with van der Waals surface area (Å²) in [5, 5.41) is 4.13. The number of rotatable bonds is 3. The van der Waals surface area contributed by atoms with Crippen LogP contribution in [0.1, 0.15) is 40.1 Å². The summed E-state index contributed by atoms with van der Waals surface area (Å²) in [5.41, 5.74) is 5.81. The number of amides is 1. The van der Waals surface area contributed by atoms with Crippen LogP contribution in [0.4, 0.5) is 5.69 Å². The van der Waals surface area contributed by atoms with Crippen molar-refractivity contribution in [3.63, 3.8) is 0 Å². The third-order valence-electron chi connectivity index (χ3n) is 4.92. The van der Waals surface area contributed by atoms with Crippen LogP contribution in [0, 0.1) is 6.92 Å². The van der Waals surface area contributed by atoms with Gasteiger partial charge in [-0.25, -0.2) is 4.21 Å². The third-order valence-corrected chi connectivity index (χ3v) is 5.94. The van der Waals surface area contributed by atoms with Gasteiger partial charge in [0.1, 0.15) is 16.7 Å². The predicted octanol–water partition coefficient (Wildman–Crippen LogP) is 3.57. The van der Waals surface area contributed by atoms with Gasteiger partial charge in [-0.3, -0.25) is 4.79 Å². The van der Waals surface area contributed by atoms with Crippen LogP contribution >= 0.6 is 0 Å². The first-order valence-corrected chi connectivity index (χ1v) is 9.89. The molecule has 2 unspecified atom stereocenters. The average Bonchev–Trinajstić information content (AvgIpc) is 3.13. The second-order valence-corrected chi connectivity index (χ2v) is 8.04. The number of aromatic nitrogens is 1. The van der Waals surface area contributed by atoms with Crippen molar-refractivity contribution in [2.24, 2.45) is 7.05 Å². The van der Waals surface area contributed by atoms with Crippen molar-refractivity contribution in [2.75, 3.05) is 4.72 Å². The zero-order valence-corrected chi connectivity index (χ0v) is 15.8. The molecule has 2 N–H and O–H groups in total. The van der Waals surface area contributed by atoms with Crippen molar-refractivity contribution in [1.29, 1.82) is 0 Å². The Morgan fingerprint density at radius 3 is 2.85 bits per heavy atom. The number of hydrogen-bond donors (Lipinski definition) is 2. The molecule has 2 heterocycles. The maximum Gasteiger partial charge on any atom is 0.268 e. The number of benzene rings is 2. The Hall–Kier alpha value is -2.60. The summed E-state index contributed by atoms with van der Waals surface area (Å²) in [6, 6.07) is 13.9. The number of hydrogen-bond acceptors (Lipinski definition) is 2. The Kier molecular flexibility index (Phi) is 4.07. The molecule has 6 heteroatoms. The van der Waals surface area contributed by atoms with Crippen molar-refractivity contribution in [2.45, 2.75) is 25.6 Å². The largest absolute Gasteiger partial charge is 0.344 e. The van der Waals surface area contributed by atoms with Gasteiger partial charge in [-0.05, 0) is 48.7 Å². The average molecular weight is 367 g/mol. The lowest BCUT2D eigenvalue weighted by Gasteiger charge is -2.15. The van der Waals surface area contributed by atoms with E-state index in [0.29, 0.717) is 11.4 Å². The number of aryl methyl sites for hydroxylation is 2. The molecule has 0 aliphatic carbocycles. The summed E-state index contributed by atoms with van der Waals surface area (Å²) in [4.78, 5) is 12.8. The summed E-state index contributed by atoms with van der Waals surface area (Å²) < 4.78 is 16.5. The fraction of sp³-hybridized carbons (Fsp3) is 0.250. The Morgan fingerprint density at radius 1 is 1.23 bits per heavy atom. The Labute approximate surface area is 155 Å². The van der Waals surface area contributed by atoms with Crippen LogP contribution in [0.25, 0.3) is 10.9 Å². The molecule has 5 nitrogen and oxygen atoms in total. The van der Waals surface area contributed by atoms with E-state index in [9.17, 15) is 9.00 Å². The molecular formula is C20H21N3O2S. The molecule has 134 valence electrons. The number of nitrogens with one attached hydrogen (secondary N) is 2. The maximum atomic E-state index is 12.8. The minimum atomic E-state index is -1.04. The van der Waals surface area contributed by atoms with Crippen LogP contribution < -0.4 is 10.0 Å². The summed E-state index contributed by atoms with van der Waals surface area (Å²) in [6.45, 7) is 4.01. The highest BCUT2D eigenvalue weighted by molar-refractivity contribution is 7.86. The molecule has 0 saturated carbocycles. The Morgan fingerprint density at radius 2 is 2.04 bits per heavy atom. The first kappa shape index (κ1) is 16.8. The second kappa shape index (κ2) is 6.29. The molecule has 2 aromatic carbocycles. The first-order chi connectivity index (χ1) is 12.4. The van der Waals surface area contributed by atoms with E-state index in [0.717, 1.165) is 27.7 Å². The van der Waals surface area contributed by atoms with Gasteiger partial charge in [-0.15, -0.1) is 0 Å². The Balaban J connectivity index is 1.58. The minimum absolute atomic E-state index is 0.101. The van der Waals surface area contributed by atoms with Crippen LogP contribution in [0.15, 0.2) is 42.5 Å². The van der Waals surface area contributed by atoms with Crippen LogP contribution in [-0.2, 0) is 23.8 Å². The molecule has 1 amide bonds. The molecule has 1 aromatic heterocycles. The van der Waals surface area contributed by atoms with Gasteiger partial charge in [0.05, 0.1) is 17.5 Å². The van der Waals surface area contributed by atoms with Gasteiger partial charge < -0.3 is 14.6 Å². The molecule has 26 heavy (non-hydrogen) atoms. The van der Waals surface area contributed by atoms with Gasteiger partial charge in [-0.2, -0.15) is 0 Å². The highest BCUT2D eigenvalue weighted by Crippen LogP contribution is 2.28. The zero-order valence-electron chi connectivity index (χ0n) is 15.0. The monoisotopic (exact) mass is 367 g/mol. The summed E-state index contributed by atoms with van der Waals surface area (Å²) in [5.74, 6) is 0.405. The summed E-state index contributed by atoms with van der Waals surface area (Å²) in [6.07, 6.45) is 0. The highest BCUT2D eigenvalue weighted by atomic mass is 32.2. The molecule has 0 radical (unpaired) electrons. The molecular weight excluding hydrogens is 346 g/mol. The summed E-state index contributed by atoms with van der Waals surface area (Å²) >= 11 is 0. The van der Waals surface area contributed by atoms with E-state index in [1.165, 1.54) is 5.56 Å². The summed E-state index contributed by atoms with van der Waals surface area (Å²) in [7, 11) is 0.878. The normalized spacial score (nSPS) is 17.0. The minimum Gasteiger partial charge on any atom is -0.344 e. The lowest BCUT2D eigenvalue weighted by Crippen LogP contribution is -2.28. The molecule has 3 aromatic rings. The quantitative estimate of drug-likeness (QED) is 0.743. The zero-order chi connectivity index (χ0) is 18.4. The number of nitrogens with zero attached hydrogens (tertiary/aromatic N) is 1. The fourth-order valence-corrected chi connectivity index (χ4v) is 4.45. The molecule has 0 spiro atoms. The van der Waals surface area contributed by atoms with Crippen LogP contribution in [0.5, 0.6) is 0 Å². The second-order valence-electron chi connectivity index (χ2n) is 6.85. The van der Waals surface area contributed by atoms with Gasteiger partial charge >= 0.3 is 0 Å². The van der Waals surface area contributed by atoms with Crippen LogP contribution in [0.2, 0.25) is 0 Å². The van der Waals surface area contributed by atoms with Gasteiger partial charge in [0.2, 0.25) is 0 Å². The lowest BCUT2D eigenvalue weighted by atomic mass is 10.0. The SMILES string of the molecule is Cc1ccc2cc(C(=O)NC(C)c3ccc4c(c3)CS(=O)N4)n(C)c2c1. The fourth-order valence-electron chi connectivity index (χ4n) is 3.41. The van der Waals surface area contributed by atoms with E-state index in [-0.39, 0.29) is 11.9 Å². The third kappa shape index (κ3) is 2.90. The van der Waals surface area contributed by atoms with Gasteiger partial charge in [0.15, 0.2) is 0 Å². The van der Waals surface area contributed by atoms with Gasteiger partial charge in [0.25, 0.3) is 5.91 Å². The van der Waals surface area contributed by atoms with Crippen molar-refractivity contribution in [3.05, 3.63) is 64.8 Å². The number of carbonyl (C=O) groups is 1. The van der Waals surface area contributed by atoms with E-state index in [1.807, 2.05) is 55.8 Å². The molecule has 2 atom stereocenters. The maximum absolute atomic E-state index is 12.8. The first-order valence-electron chi connectivity index (χ1n) is 8.57. The van der Waals surface area contributed by atoms with Crippen LogP contribution in [0.3, 0.4) is 0 Å². The van der Waals surface area contributed by atoms with E-state index in [4.69, 9.17) is 0 Å². The lowest BCUT2D eigenvalue weighted by molar-refractivity contribution is 0.0932. The topological polar surface area (TPSA) is 63.1 Å². The van der Waals surface area contributed by atoms with E-state index < -0.39 is 11.0 Å². The highest BCUT2D eigenvalue weighted by Gasteiger charge is 2.20. The van der Waals surface area contributed by atoms with E-state index in [2.05, 4.69) is 22.2 Å². The molecule has 1 aliphatic rings. The molecule has 0 saturated heterocycles. The van der Waals surface area contributed by atoms with Gasteiger partial charge in [0, 0.05) is 18.0 Å². The molecule has 0 bridgehead atoms. The smallest absolute Gasteiger partial charge is 0.268 e. The van der Waals surface area contributed by atoms with E-state index in [1.54, 1.807) is 0 Å². The predicted molar refractivity (Wildman–Crippen MR) is 105 cm³/mol. The number of fused-ring (bicyclic) bond motifs is 2. The standard InChI is InChI=1S/C20H21N3O2S/c1-12-4-5-15-10-19(23(3)18(15)8-12)20(24)21-13(2)14-6-7-17-16(9-14)11-26(25)22-17/h4-10,13,22H,11H2,1-3H3,(H,21,24). The molecule has 4 rings (SSSR count).